The largest absolute Gasteiger partial charge is 0.497 e. The molecule has 0 heterocycles. The van der Waals surface area contributed by atoms with Gasteiger partial charge in [-0.3, -0.25) is 4.79 Å². The molecule has 1 atom stereocenters. The highest BCUT2D eigenvalue weighted by Gasteiger charge is 2.24. The van der Waals surface area contributed by atoms with Crippen molar-refractivity contribution in [2.45, 2.75) is 20.4 Å². The third kappa shape index (κ3) is 4.24. The van der Waals surface area contributed by atoms with Crippen LogP contribution in [0.1, 0.15) is 19.4 Å². The van der Waals surface area contributed by atoms with Gasteiger partial charge >= 0.3 is 0 Å². The van der Waals surface area contributed by atoms with Crippen molar-refractivity contribution in [3.05, 3.63) is 29.8 Å². The minimum atomic E-state index is -0.337. The third-order valence-corrected chi connectivity index (χ3v) is 3.25. The summed E-state index contributed by atoms with van der Waals surface area (Å²) in [6.07, 6.45) is 0. The van der Waals surface area contributed by atoms with E-state index in [0.717, 1.165) is 11.3 Å². The zero-order chi connectivity index (χ0) is 14.4. The van der Waals surface area contributed by atoms with E-state index < -0.39 is 0 Å². The highest BCUT2D eigenvalue weighted by Crippen LogP contribution is 2.17. The summed E-state index contributed by atoms with van der Waals surface area (Å²) in [5, 5.41) is 9.30. The molecule has 0 aliphatic rings. The van der Waals surface area contributed by atoms with Gasteiger partial charge < -0.3 is 14.7 Å². The third-order valence-electron chi connectivity index (χ3n) is 3.25. The average Bonchev–Trinajstić information content (AvgIpc) is 2.39. The first kappa shape index (κ1) is 15.5. The lowest BCUT2D eigenvalue weighted by Gasteiger charge is -2.25. The maximum atomic E-state index is 12.2. The Morgan fingerprint density at radius 3 is 2.63 bits per heavy atom. The molecule has 1 N–H and O–H groups in total. The van der Waals surface area contributed by atoms with E-state index in [1.165, 1.54) is 0 Å². The summed E-state index contributed by atoms with van der Waals surface area (Å²) in [7, 11) is 3.38. The lowest BCUT2D eigenvalue weighted by molar-refractivity contribution is -0.137. The fourth-order valence-electron chi connectivity index (χ4n) is 1.98. The van der Waals surface area contributed by atoms with Gasteiger partial charge in [0.05, 0.1) is 19.6 Å². The number of methoxy groups -OCH3 is 1. The normalized spacial score (nSPS) is 12.3. The molecule has 0 aliphatic carbocycles. The molecule has 0 aromatic heterocycles. The molecular formula is C15H23NO3. The van der Waals surface area contributed by atoms with E-state index in [1.807, 2.05) is 38.1 Å². The zero-order valence-corrected chi connectivity index (χ0v) is 12.1. The molecule has 1 amide bonds. The number of hydrogen-bond donors (Lipinski definition) is 1. The highest BCUT2D eigenvalue weighted by atomic mass is 16.5. The molecule has 0 aliphatic heterocycles. The number of carbonyl (C=O) groups is 1. The van der Waals surface area contributed by atoms with E-state index in [0.29, 0.717) is 6.54 Å². The van der Waals surface area contributed by atoms with Crippen molar-refractivity contribution in [1.82, 2.24) is 4.90 Å². The fraction of sp³-hybridized carbons (Fsp3) is 0.533. The van der Waals surface area contributed by atoms with Crippen molar-refractivity contribution in [3.8, 4) is 5.75 Å². The Kier molecular flexibility index (Phi) is 5.83. The summed E-state index contributed by atoms with van der Waals surface area (Å²) in [4.78, 5) is 13.9. The Morgan fingerprint density at radius 2 is 2.11 bits per heavy atom. The molecule has 0 saturated heterocycles. The van der Waals surface area contributed by atoms with Crippen LogP contribution in [0.3, 0.4) is 0 Å². The smallest absolute Gasteiger partial charge is 0.228 e. The van der Waals surface area contributed by atoms with Crippen LogP contribution >= 0.6 is 0 Å². The van der Waals surface area contributed by atoms with Gasteiger partial charge in [0.1, 0.15) is 5.75 Å². The van der Waals surface area contributed by atoms with Crippen LogP contribution in [0.5, 0.6) is 5.75 Å². The second kappa shape index (κ2) is 7.14. The van der Waals surface area contributed by atoms with Crippen molar-refractivity contribution >= 4 is 5.91 Å². The maximum absolute atomic E-state index is 12.2. The van der Waals surface area contributed by atoms with E-state index in [9.17, 15) is 9.90 Å². The van der Waals surface area contributed by atoms with Crippen LogP contribution in [0.2, 0.25) is 0 Å². The number of benzene rings is 1. The van der Waals surface area contributed by atoms with Crippen LogP contribution in [0, 0.1) is 11.8 Å². The monoisotopic (exact) mass is 265 g/mol. The molecule has 19 heavy (non-hydrogen) atoms. The number of aliphatic hydroxyl groups is 1. The zero-order valence-electron chi connectivity index (χ0n) is 12.1. The minimum absolute atomic E-state index is 0.0275. The van der Waals surface area contributed by atoms with Crippen molar-refractivity contribution in [1.29, 1.82) is 0 Å². The second-order valence-corrected chi connectivity index (χ2v) is 5.08. The van der Waals surface area contributed by atoms with Crippen molar-refractivity contribution in [2.75, 3.05) is 20.8 Å². The van der Waals surface area contributed by atoms with E-state index in [1.54, 1.807) is 19.1 Å². The van der Waals surface area contributed by atoms with Gasteiger partial charge in [0.25, 0.3) is 0 Å². The van der Waals surface area contributed by atoms with Crippen LogP contribution in [0.25, 0.3) is 0 Å². The summed E-state index contributed by atoms with van der Waals surface area (Å²) >= 11 is 0. The fourth-order valence-corrected chi connectivity index (χ4v) is 1.98. The topological polar surface area (TPSA) is 49.8 Å². The molecule has 4 heteroatoms. The Bertz CT molecular complexity index is 418. The molecule has 1 aromatic rings. The SMILES string of the molecule is COc1cccc(CN(C)C(=O)C(CO)C(C)C)c1. The number of amides is 1. The standard InChI is InChI=1S/C15H23NO3/c1-11(2)14(10-17)15(18)16(3)9-12-6-5-7-13(8-12)19-4/h5-8,11,14,17H,9-10H2,1-4H3. The number of nitrogens with zero attached hydrogens (tertiary/aromatic N) is 1. The summed E-state index contributed by atoms with van der Waals surface area (Å²) in [6, 6.07) is 7.64. The molecule has 1 aromatic carbocycles. The minimum Gasteiger partial charge on any atom is -0.497 e. The molecule has 0 fully saturated rings. The van der Waals surface area contributed by atoms with Crippen LogP contribution in [0.4, 0.5) is 0 Å². The molecule has 106 valence electrons. The lowest BCUT2D eigenvalue weighted by Crippen LogP contribution is -2.36. The molecule has 1 unspecified atom stereocenters. The number of rotatable bonds is 6. The lowest BCUT2D eigenvalue weighted by atomic mass is 9.95. The molecular weight excluding hydrogens is 242 g/mol. The second-order valence-electron chi connectivity index (χ2n) is 5.08. The van der Waals surface area contributed by atoms with Crippen LogP contribution < -0.4 is 4.74 Å². The Balaban J connectivity index is 2.72. The molecule has 4 nitrogen and oxygen atoms in total. The first-order chi connectivity index (χ1) is 8.99. The van der Waals surface area contributed by atoms with Gasteiger partial charge in [0.15, 0.2) is 0 Å². The predicted molar refractivity (Wildman–Crippen MR) is 74.9 cm³/mol. The van der Waals surface area contributed by atoms with E-state index in [-0.39, 0.29) is 24.3 Å². The quantitative estimate of drug-likeness (QED) is 0.855. The summed E-state index contributed by atoms with van der Waals surface area (Å²) in [5.74, 6) is 0.544. The van der Waals surface area contributed by atoms with E-state index in [2.05, 4.69) is 0 Å². The Labute approximate surface area is 115 Å². The first-order valence-corrected chi connectivity index (χ1v) is 6.48. The van der Waals surface area contributed by atoms with Crippen molar-refractivity contribution < 1.29 is 14.6 Å². The average molecular weight is 265 g/mol. The van der Waals surface area contributed by atoms with E-state index in [4.69, 9.17) is 4.74 Å². The Morgan fingerprint density at radius 1 is 1.42 bits per heavy atom. The van der Waals surface area contributed by atoms with Crippen molar-refractivity contribution in [2.24, 2.45) is 11.8 Å². The number of hydrogen-bond acceptors (Lipinski definition) is 3. The molecule has 1 rings (SSSR count). The van der Waals surface area contributed by atoms with Gasteiger partial charge in [-0.15, -0.1) is 0 Å². The van der Waals surface area contributed by atoms with Gasteiger partial charge in [-0.05, 0) is 23.6 Å². The molecule has 0 saturated carbocycles. The summed E-state index contributed by atoms with van der Waals surface area (Å²) in [6.45, 7) is 4.29. The van der Waals surface area contributed by atoms with Gasteiger partial charge in [-0.1, -0.05) is 26.0 Å². The predicted octanol–water partition coefficient (Wildman–Crippen LogP) is 1.92. The number of aliphatic hydroxyl groups excluding tert-OH is 1. The Hall–Kier alpha value is -1.55. The highest BCUT2D eigenvalue weighted by molar-refractivity contribution is 5.79. The van der Waals surface area contributed by atoms with Crippen molar-refractivity contribution in [3.63, 3.8) is 0 Å². The van der Waals surface area contributed by atoms with E-state index >= 15 is 0 Å². The maximum Gasteiger partial charge on any atom is 0.228 e. The molecule has 0 radical (unpaired) electrons. The van der Waals surface area contributed by atoms with Gasteiger partial charge in [-0.2, -0.15) is 0 Å². The molecule has 0 bridgehead atoms. The van der Waals surface area contributed by atoms with Crippen LogP contribution in [-0.2, 0) is 11.3 Å². The van der Waals surface area contributed by atoms with Gasteiger partial charge in [0.2, 0.25) is 5.91 Å². The number of ether oxygens (including phenoxy) is 1. The first-order valence-electron chi connectivity index (χ1n) is 6.48. The van der Waals surface area contributed by atoms with Gasteiger partial charge in [0, 0.05) is 13.6 Å². The molecule has 0 spiro atoms. The van der Waals surface area contributed by atoms with Gasteiger partial charge in [-0.25, -0.2) is 0 Å². The van der Waals surface area contributed by atoms with Crippen LogP contribution in [-0.4, -0.2) is 36.7 Å². The van der Waals surface area contributed by atoms with Crippen LogP contribution in [0.15, 0.2) is 24.3 Å². The number of carbonyl (C=O) groups excluding carboxylic acids is 1. The summed E-state index contributed by atoms with van der Waals surface area (Å²) < 4.78 is 5.16. The summed E-state index contributed by atoms with van der Waals surface area (Å²) in [5.41, 5.74) is 1.01.